The van der Waals surface area contributed by atoms with Gasteiger partial charge in [0.15, 0.2) is 5.82 Å². The lowest BCUT2D eigenvalue weighted by atomic mass is 10.1. The maximum absolute atomic E-state index is 12.3. The molecule has 2 amide bonds. The molecule has 1 N–H and O–H groups in total. The molecule has 1 atom stereocenters. The molecule has 1 aromatic heterocycles. The van der Waals surface area contributed by atoms with Crippen molar-refractivity contribution in [2.75, 3.05) is 26.2 Å². The number of hydrogen-bond acceptors (Lipinski definition) is 5. The van der Waals surface area contributed by atoms with Gasteiger partial charge in [0, 0.05) is 38.6 Å². The first kappa shape index (κ1) is 18.2. The number of carbonyl (C=O) groups excluding carboxylic acids is 1. The first-order chi connectivity index (χ1) is 12.3. The molecule has 7 heteroatoms. The van der Waals surface area contributed by atoms with Crippen LogP contribution in [0.5, 0.6) is 0 Å². The zero-order chi connectivity index (χ0) is 17.5. The van der Waals surface area contributed by atoms with Gasteiger partial charge in [-0.1, -0.05) is 24.9 Å². The Morgan fingerprint density at radius 2 is 2.16 bits per heavy atom. The van der Waals surface area contributed by atoms with E-state index >= 15 is 0 Å². The third-order valence-electron chi connectivity index (χ3n) is 5.04. The summed E-state index contributed by atoms with van der Waals surface area (Å²) in [5.41, 5.74) is 0. The smallest absolute Gasteiger partial charge is 0.317 e. The van der Waals surface area contributed by atoms with Crippen molar-refractivity contribution in [1.29, 1.82) is 0 Å². The van der Waals surface area contributed by atoms with Crippen molar-refractivity contribution in [3.05, 3.63) is 11.7 Å². The fourth-order valence-electron chi connectivity index (χ4n) is 3.64. The van der Waals surface area contributed by atoms with Crippen LogP contribution < -0.4 is 5.32 Å². The maximum atomic E-state index is 12.3. The molecule has 0 unspecified atom stereocenters. The van der Waals surface area contributed by atoms with E-state index in [1.807, 2.05) is 4.90 Å². The average molecular weight is 350 g/mol. The summed E-state index contributed by atoms with van der Waals surface area (Å²) in [5.74, 6) is 1.89. The van der Waals surface area contributed by atoms with Gasteiger partial charge < -0.3 is 19.5 Å². The third kappa shape index (κ3) is 5.17. The summed E-state index contributed by atoms with van der Waals surface area (Å²) >= 11 is 0. The van der Waals surface area contributed by atoms with E-state index in [2.05, 4.69) is 22.4 Å². The molecule has 1 saturated heterocycles. The molecule has 2 heterocycles. The van der Waals surface area contributed by atoms with Crippen molar-refractivity contribution in [3.63, 3.8) is 0 Å². The molecule has 3 rings (SSSR count). The van der Waals surface area contributed by atoms with Gasteiger partial charge in [-0.15, -0.1) is 0 Å². The molecular formula is C18H30N4O3. The van der Waals surface area contributed by atoms with Crippen molar-refractivity contribution < 1.29 is 14.1 Å². The number of urea groups is 1. The lowest BCUT2D eigenvalue weighted by Gasteiger charge is -2.32. The number of likely N-dealkylation sites (tertiary alicyclic amines) is 1. The minimum Gasteiger partial charge on any atom is -0.376 e. The first-order valence-electron chi connectivity index (χ1n) is 9.73. The van der Waals surface area contributed by atoms with E-state index in [1.165, 1.54) is 12.8 Å². The van der Waals surface area contributed by atoms with Crippen molar-refractivity contribution in [3.8, 4) is 0 Å². The minimum atomic E-state index is -0.0238. The summed E-state index contributed by atoms with van der Waals surface area (Å²) in [6.07, 6.45) is 8.61. The highest BCUT2D eigenvalue weighted by atomic mass is 16.5. The lowest BCUT2D eigenvalue weighted by Crippen LogP contribution is -2.48. The lowest BCUT2D eigenvalue weighted by molar-refractivity contribution is 0.0101. The monoisotopic (exact) mass is 350 g/mol. The van der Waals surface area contributed by atoms with Gasteiger partial charge in [0.2, 0.25) is 5.89 Å². The van der Waals surface area contributed by atoms with Crippen molar-refractivity contribution in [2.24, 2.45) is 0 Å². The Morgan fingerprint density at radius 3 is 2.96 bits per heavy atom. The van der Waals surface area contributed by atoms with E-state index < -0.39 is 0 Å². The van der Waals surface area contributed by atoms with Crippen molar-refractivity contribution >= 4 is 6.03 Å². The van der Waals surface area contributed by atoms with Gasteiger partial charge in [-0.3, -0.25) is 0 Å². The van der Waals surface area contributed by atoms with Crippen LogP contribution in [0.3, 0.4) is 0 Å². The molecule has 0 aromatic carbocycles. The second-order valence-corrected chi connectivity index (χ2v) is 7.09. The van der Waals surface area contributed by atoms with Gasteiger partial charge in [-0.25, -0.2) is 4.79 Å². The number of amides is 2. The predicted molar refractivity (Wildman–Crippen MR) is 93.4 cm³/mol. The number of aromatic nitrogens is 2. The number of rotatable bonds is 7. The molecule has 0 bridgehead atoms. The summed E-state index contributed by atoms with van der Waals surface area (Å²) < 4.78 is 11.2. The molecule has 7 nitrogen and oxygen atoms in total. The van der Waals surface area contributed by atoms with Gasteiger partial charge in [-0.2, -0.15) is 4.98 Å². The number of nitrogens with one attached hydrogen (secondary N) is 1. The van der Waals surface area contributed by atoms with Crippen molar-refractivity contribution in [1.82, 2.24) is 20.4 Å². The molecule has 2 fully saturated rings. The first-order valence-corrected chi connectivity index (χ1v) is 9.73. The molecule has 0 spiro atoms. The summed E-state index contributed by atoms with van der Waals surface area (Å²) in [7, 11) is 0. The van der Waals surface area contributed by atoms with Crippen LogP contribution in [0.2, 0.25) is 0 Å². The summed E-state index contributed by atoms with van der Waals surface area (Å²) in [6.45, 7) is 4.87. The van der Waals surface area contributed by atoms with E-state index in [1.54, 1.807) is 0 Å². The highest BCUT2D eigenvalue weighted by Crippen LogP contribution is 2.32. The van der Waals surface area contributed by atoms with Crippen LogP contribution in [0, 0.1) is 0 Å². The zero-order valence-electron chi connectivity index (χ0n) is 15.2. The van der Waals surface area contributed by atoms with Crippen LogP contribution in [-0.2, 0) is 11.2 Å². The van der Waals surface area contributed by atoms with Gasteiger partial charge in [-0.05, 0) is 32.1 Å². The Bertz CT molecular complexity index is 542. The molecule has 25 heavy (non-hydrogen) atoms. The molecule has 1 saturated carbocycles. The standard InChI is InChI=1S/C18H30N4O3/c1-2-12-24-15-8-5-11-22(13-15)18(23)19-10-9-16-20-17(25-21-16)14-6-3-4-7-14/h14-15H,2-13H2,1H3,(H,19,23)/t15-/m0/s1. The van der Waals surface area contributed by atoms with E-state index in [0.717, 1.165) is 51.1 Å². The molecule has 1 aromatic rings. The van der Waals surface area contributed by atoms with E-state index in [-0.39, 0.29) is 12.1 Å². The Balaban J connectivity index is 1.38. The van der Waals surface area contributed by atoms with Crippen LogP contribution in [0.15, 0.2) is 4.52 Å². The summed E-state index contributed by atoms with van der Waals surface area (Å²) in [5, 5.41) is 7.01. The Hall–Kier alpha value is -1.63. The molecule has 1 aliphatic carbocycles. The van der Waals surface area contributed by atoms with Crippen LogP contribution >= 0.6 is 0 Å². The van der Waals surface area contributed by atoms with Gasteiger partial charge in [0.25, 0.3) is 0 Å². The number of carbonyl (C=O) groups is 1. The topological polar surface area (TPSA) is 80.5 Å². The van der Waals surface area contributed by atoms with Gasteiger partial charge in [0.05, 0.1) is 6.10 Å². The number of hydrogen-bond donors (Lipinski definition) is 1. The molecular weight excluding hydrogens is 320 g/mol. The Morgan fingerprint density at radius 1 is 1.32 bits per heavy atom. The van der Waals surface area contributed by atoms with Gasteiger partial charge in [0.1, 0.15) is 0 Å². The number of nitrogens with zero attached hydrogens (tertiary/aromatic N) is 3. The fourth-order valence-corrected chi connectivity index (χ4v) is 3.64. The number of ether oxygens (including phenoxy) is 1. The minimum absolute atomic E-state index is 0.0238. The SMILES string of the molecule is CCCO[C@H]1CCCN(C(=O)NCCc2noc(C3CCCC3)n2)C1. The number of piperidine rings is 1. The summed E-state index contributed by atoms with van der Waals surface area (Å²) in [6, 6.07) is -0.0238. The molecule has 0 radical (unpaired) electrons. The normalized spacial score (nSPS) is 21.6. The largest absolute Gasteiger partial charge is 0.376 e. The fraction of sp³-hybridized carbons (Fsp3) is 0.833. The van der Waals surface area contributed by atoms with Crippen LogP contribution in [-0.4, -0.2) is 53.4 Å². The second kappa shape index (κ2) is 9.17. The van der Waals surface area contributed by atoms with Crippen molar-refractivity contribution in [2.45, 2.75) is 70.3 Å². The Kier molecular flexibility index (Phi) is 6.67. The third-order valence-corrected chi connectivity index (χ3v) is 5.04. The second-order valence-electron chi connectivity index (χ2n) is 7.09. The summed E-state index contributed by atoms with van der Waals surface area (Å²) in [4.78, 5) is 18.7. The highest BCUT2D eigenvalue weighted by molar-refractivity contribution is 5.74. The zero-order valence-corrected chi connectivity index (χ0v) is 15.2. The molecule has 1 aliphatic heterocycles. The van der Waals surface area contributed by atoms with E-state index in [9.17, 15) is 4.79 Å². The van der Waals surface area contributed by atoms with Crippen LogP contribution in [0.1, 0.15) is 69.5 Å². The van der Waals surface area contributed by atoms with Gasteiger partial charge >= 0.3 is 6.03 Å². The molecule has 2 aliphatic rings. The predicted octanol–water partition coefficient (Wildman–Crippen LogP) is 2.87. The molecule has 140 valence electrons. The van der Waals surface area contributed by atoms with Crippen LogP contribution in [0.25, 0.3) is 0 Å². The maximum Gasteiger partial charge on any atom is 0.317 e. The van der Waals surface area contributed by atoms with E-state index in [0.29, 0.717) is 31.3 Å². The quantitative estimate of drug-likeness (QED) is 0.818. The van der Waals surface area contributed by atoms with Crippen LogP contribution in [0.4, 0.5) is 4.79 Å². The van der Waals surface area contributed by atoms with E-state index in [4.69, 9.17) is 9.26 Å². The highest BCUT2D eigenvalue weighted by Gasteiger charge is 2.25. The Labute approximate surface area is 149 Å². The average Bonchev–Trinajstić information content (AvgIpc) is 3.31.